The first-order valence-electron chi connectivity index (χ1n) is 8.10. The van der Waals surface area contributed by atoms with Gasteiger partial charge in [-0.1, -0.05) is 37.3 Å². The molecule has 6 heteroatoms. The molecule has 0 aliphatic carbocycles. The lowest BCUT2D eigenvalue weighted by Gasteiger charge is -2.35. The summed E-state index contributed by atoms with van der Waals surface area (Å²) >= 11 is 0. The summed E-state index contributed by atoms with van der Waals surface area (Å²) in [5.41, 5.74) is 1.06. The van der Waals surface area contributed by atoms with Crippen LogP contribution in [0.2, 0.25) is 0 Å². The van der Waals surface area contributed by atoms with Crippen molar-refractivity contribution in [2.24, 2.45) is 0 Å². The number of cyclic esters (lactones) is 1. The Bertz CT molecular complexity index is 642. The van der Waals surface area contributed by atoms with Crippen molar-refractivity contribution in [1.82, 2.24) is 4.90 Å². The monoisotopic (exact) mass is 331 g/mol. The number of benzene rings is 1. The van der Waals surface area contributed by atoms with E-state index in [1.807, 2.05) is 37.3 Å². The number of allylic oxidation sites excluding steroid dienone is 1. The van der Waals surface area contributed by atoms with E-state index in [0.29, 0.717) is 13.0 Å². The van der Waals surface area contributed by atoms with Gasteiger partial charge in [-0.05, 0) is 18.1 Å². The fourth-order valence-electron chi connectivity index (χ4n) is 3.16. The summed E-state index contributed by atoms with van der Waals surface area (Å²) in [6.07, 6.45) is 2.15. The van der Waals surface area contributed by atoms with Gasteiger partial charge in [-0.2, -0.15) is 0 Å². The van der Waals surface area contributed by atoms with Crippen molar-refractivity contribution in [3.05, 3.63) is 47.7 Å². The first kappa shape index (κ1) is 16.4. The van der Waals surface area contributed by atoms with E-state index in [1.54, 1.807) is 11.0 Å². The molecule has 0 spiro atoms. The van der Waals surface area contributed by atoms with Crippen LogP contribution in [-0.4, -0.2) is 42.9 Å². The molecule has 0 unspecified atom stereocenters. The number of hydrogen-bond donors (Lipinski definition) is 0. The lowest BCUT2D eigenvalue weighted by Crippen LogP contribution is -2.45. The molecule has 2 aliphatic rings. The van der Waals surface area contributed by atoms with Crippen LogP contribution in [-0.2, 0) is 19.0 Å². The maximum atomic E-state index is 12.1. The number of nitrogens with zero attached hydrogens (tertiary/aromatic N) is 1. The summed E-state index contributed by atoms with van der Waals surface area (Å²) in [4.78, 5) is 25.7. The van der Waals surface area contributed by atoms with Crippen LogP contribution < -0.4 is 0 Å². The maximum Gasteiger partial charge on any atom is 0.413 e. The molecule has 128 valence electrons. The van der Waals surface area contributed by atoms with E-state index >= 15 is 0 Å². The van der Waals surface area contributed by atoms with Gasteiger partial charge in [-0.25, -0.2) is 9.59 Å². The lowest BCUT2D eigenvalue weighted by molar-refractivity contribution is -0.144. The molecule has 1 fully saturated rings. The number of hydrogen-bond acceptors (Lipinski definition) is 5. The second-order valence-corrected chi connectivity index (χ2v) is 5.89. The third kappa shape index (κ3) is 3.09. The van der Waals surface area contributed by atoms with E-state index in [2.05, 4.69) is 0 Å². The van der Waals surface area contributed by atoms with E-state index < -0.39 is 18.3 Å². The Labute approximate surface area is 141 Å². The smallest absolute Gasteiger partial charge is 0.413 e. The minimum Gasteiger partial charge on any atom is -0.463 e. The van der Waals surface area contributed by atoms with Crippen LogP contribution in [0.3, 0.4) is 0 Å². The average Bonchev–Trinajstić information content (AvgIpc) is 3.02. The predicted molar refractivity (Wildman–Crippen MR) is 86.0 cm³/mol. The van der Waals surface area contributed by atoms with Crippen molar-refractivity contribution in [2.75, 3.05) is 13.7 Å². The molecule has 1 saturated heterocycles. The van der Waals surface area contributed by atoms with Crippen LogP contribution in [0.15, 0.2) is 42.2 Å². The summed E-state index contributed by atoms with van der Waals surface area (Å²) in [6.45, 7) is 2.34. The second-order valence-electron chi connectivity index (χ2n) is 5.89. The molecule has 0 radical (unpaired) electrons. The van der Waals surface area contributed by atoms with Gasteiger partial charge in [-0.15, -0.1) is 0 Å². The highest BCUT2D eigenvalue weighted by Crippen LogP contribution is 2.35. The molecule has 0 saturated carbocycles. The van der Waals surface area contributed by atoms with E-state index in [4.69, 9.17) is 14.2 Å². The van der Waals surface area contributed by atoms with Crippen molar-refractivity contribution in [1.29, 1.82) is 0 Å². The molecule has 24 heavy (non-hydrogen) atoms. The molecule has 6 nitrogen and oxygen atoms in total. The molecule has 2 aliphatic heterocycles. The quantitative estimate of drug-likeness (QED) is 0.794. The Hall–Kier alpha value is -2.50. The van der Waals surface area contributed by atoms with E-state index in [9.17, 15) is 9.59 Å². The topological polar surface area (TPSA) is 65.1 Å². The van der Waals surface area contributed by atoms with Crippen molar-refractivity contribution >= 4 is 12.1 Å². The van der Waals surface area contributed by atoms with Gasteiger partial charge in [0, 0.05) is 12.3 Å². The molecular formula is C18H21NO5. The van der Waals surface area contributed by atoms with Crippen LogP contribution in [0.5, 0.6) is 0 Å². The van der Waals surface area contributed by atoms with Crippen molar-refractivity contribution in [3.63, 3.8) is 0 Å². The highest BCUT2D eigenvalue weighted by atomic mass is 16.6. The standard InChI is InChI=1S/C18H21NO5/c1-3-14-11-23-18(21)19(14)16-10-13(12-7-5-4-6-8-12)9-15(24-16)17(20)22-2/h4-9,13-14,16H,3,10-11H2,1-2H3/t13-,14-,16+/m1/s1. The largest absolute Gasteiger partial charge is 0.463 e. The van der Waals surface area contributed by atoms with Crippen LogP contribution in [0, 0.1) is 0 Å². The molecule has 0 aromatic heterocycles. The van der Waals surface area contributed by atoms with Gasteiger partial charge in [0.05, 0.1) is 13.2 Å². The van der Waals surface area contributed by atoms with Crippen LogP contribution in [0.1, 0.15) is 31.2 Å². The van der Waals surface area contributed by atoms with Gasteiger partial charge in [0.15, 0.2) is 6.23 Å². The first-order chi connectivity index (χ1) is 11.6. The number of esters is 1. The van der Waals surface area contributed by atoms with E-state index in [1.165, 1.54) is 7.11 Å². The predicted octanol–water partition coefficient (Wildman–Crippen LogP) is 2.80. The van der Waals surface area contributed by atoms with Crippen molar-refractivity contribution in [2.45, 2.75) is 38.0 Å². The molecule has 0 bridgehead atoms. The molecule has 3 atom stereocenters. The average molecular weight is 331 g/mol. The van der Waals surface area contributed by atoms with Crippen LogP contribution in [0.4, 0.5) is 4.79 Å². The first-order valence-corrected chi connectivity index (χ1v) is 8.10. The van der Waals surface area contributed by atoms with Crippen molar-refractivity contribution < 1.29 is 23.8 Å². The fourth-order valence-corrected chi connectivity index (χ4v) is 3.16. The van der Waals surface area contributed by atoms with Crippen LogP contribution >= 0.6 is 0 Å². The Kier molecular flexibility index (Phi) is 4.74. The van der Waals surface area contributed by atoms with Gasteiger partial charge in [-0.3, -0.25) is 4.90 Å². The molecule has 0 N–H and O–H groups in total. The number of carbonyl (C=O) groups is 2. The number of carbonyl (C=O) groups excluding carboxylic acids is 2. The van der Waals surface area contributed by atoms with Crippen molar-refractivity contribution in [3.8, 4) is 0 Å². The summed E-state index contributed by atoms with van der Waals surface area (Å²) in [6, 6.07) is 9.79. The summed E-state index contributed by atoms with van der Waals surface area (Å²) in [7, 11) is 1.31. The zero-order valence-corrected chi connectivity index (χ0v) is 13.8. The van der Waals surface area contributed by atoms with Gasteiger partial charge in [0.25, 0.3) is 0 Å². The normalized spacial score (nSPS) is 26.4. The molecule has 2 heterocycles. The molecule has 3 rings (SSSR count). The molecular weight excluding hydrogens is 310 g/mol. The Morgan fingerprint density at radius 1 is 1.33 bits per heavy atom. The minimum atomic E-state index is -0.547. The number of methoxy groups -OCH3 is 1. The number of amides is 1. The van der Waals surface area contributed by atoms with Gasteiger partial charge < -0.3 is 14.2 Å². The highest BCUT2D eigenvalue weighted by molar-refractivity contribution is 5.86. The zero-order chi connectivity index (χ0) is 17.1. The van der Waals surface area contributed by atoms with E-state index in [-0.39, 0.29) is 17.7 Å². The molecule has 1 amide bonds. The lowest BCUT2D eigenvalue weighted by atomic mass is 9.92. The third-order valence-electron chi connectivity index (χ3n) is 4.47. The van der Waals surface area contributed by atoms with Crippen LogP contribution in [0.25, 0.3) is 0 Å². The second kappa shape index (κ2) is 6.95. The zero-order valence-electron chi connectivity index (χ0n) is 13.8. The summed E-state index contributed by atoms with van der Waals surface area (Å²) in [5, 5.41) is 0. The summed E-state index contributed by atoms with van der Waals surface area (Å²) < 4.78 is 15.7. The van der Waals surface area contributed by atoms with Gasteiger partial charge in [0.1, 0.15) is 6.61 Å². The van der Waals surface area contributed by atoms with Gasteiger partial charge in [0.2, 0.25) is 5.76 Å². The number of rotatable bonds is 4. The van der Waals surface area contributed by atoms with Gasteiger partial charge >= 0.3 is 12.1 Å². The number of ether oxygens (including phenoxy) is 3. The minimum absolute atomic E-state index is 0.0371. The molecule has 1 aromatic rings. The fraction of sp³-hybridized carbons (Fsp3) is 0.444. The SMILES string of the molecule is CC[C@@H]1COC(=O)N1[C@@H]1C[C@H](c2ccccc2)C=C(C(=O)OC)O1. The molecule has 1 aromatic carbocycles. The van der Waals surface area contributed by atoms with E-state index in [0.717, 1.165) is 12.0 Å². The Morgan fingerprint density at radius 3 is 2.75 bits per heavy atom. The third-order valence-corrected chi connectivity index (χ3v) is 4.47. The Balaban J connectivity index is 1.91. The highest BCUT2D eigenvalue weighted by Gasteiger charge is 2.42. The Morgan fingerprint density at radius 2 is 2.08 bits per heavy atom. The maximum absolute atomic E-state index is 12.1. The summed E-state index contributed by atoms with van der Waals surface area (Å²) in [5.74, 6) is -0.441.